The average molecular weight is 134 g/mol. The lowest BCUT2D eigenvalue weighted by Crippen LogP contribution is -2.69. The largest absolute Gasteiger partial charge is 0.0496 e. The Labute approximate surface area is 62.0 Å². The second kappa shape index (κ2) is 1.09. The van der Waals surface area contributed by atoms with Crippen molar-refractivity contribution in [2.24, 2.45) is 29.1 Å². The second-order valence-corrected chi connectivity index (χ2v) is 5.07. The van der Waals surface area contributed by atoms with Gasteiger partial charge in [0.05, 0.1) is 0 Å². The van der Waals surface area contributed by atoms with Crippen LogP contribution in [0.2, 0.25) is 0 Å². The van der Waals surface area contributed by atoms with Crippen LogP contribution in [0.4, 0.5) is 0 Å². The molecule has 0 bridgehead atoms. The van der Waals surface area contributed by atoms with Crippen LogP contribution in [0.1, 0.15) is 32.1 Å². The number of hydrogen-bond acceptors (Lipinski definition) is 0. The fourth-order valence-corrected chi connectivity index (χ4v) is 5.10. The van der Waals surface area contributed by atoms with E-state index >= 15 is 0 Å². The summed E-state index contributed by atoms with van der Waals surface area (Å²) in [6.07, 6.45) is 8.11. The fourth-order valence-electron chi connectivity index (χ4n) is 5.10. The maximum absolute atomic E-state index is 1.63. The maximum Gasteiger partial charge on any atom is -0.0184 e. The topological polar surface area (TPSA) is 0 Å². The zero-order valence-electron chi connectivity index (χ0n) is 6.34. The summed E-state index contributed by atoms with van der Waals surface area (Å²) < 4.78 is 0. The van der Waals surface area contributed by atoms with Crippen molar-refractivity contribution in [3.05, 3.63) is 0 Å². The first-order chi connectivity index (χ1) is 4.92. The first kappa shape index (κ1) is 4.79. The van der Waals surface area contributed by atoms with Gasteiger partial charge in [-0.25, -0.2) is 0 Å². The Hall–Kier alpha value is 0. The van der Waals surface area contributed by atoms with Gasteiger partial charge >= 0.3 is 0 Å². The lowest BCUT2D eigenvalue weighted by atomic mass is 9.29. The van der Waals surface area contributed by atoms with E-state index in [1.165, 1.54) is 23.7 Å². The van der Waals surface area contributed by atoms with Gasteiger partial charge in [0, 0.05) is 0 Å². The van der Waals surface area contributed by atoms with Crippen LogP contribution >= 0.6 is 0 Å². The van der Waals surface area contributed by atoms with E-state index in [2.05, 4.69) is 0 Å². The lowest BCUT2D eigenvalue weighted by molar-refractivity contribution is -0.276. The van der Waals surface area contributed by atoms with Crippen LogP contribution in [0, 0.1) is 29.1 Å². The van der Waals surface area contributed by atoms with Crippen LogP contribution < -0.4 is 0 Å². The molecule has 0 amide bonds. The zero-order chi connectivity index (χ0) is 6.34. The normalized spacial score (nSPS) is 74.4. The van der Waals surface area contributed by atoms with Crippen molar-refractivity contribution < 1.29 is 0 Å². The Bertz CT molecular complexity index is 180. The van der Waals surface area contributed by atoms with E-state index in [0.717, 1.165) is 5.41 Å². The van der Waals surface area contributed by atoms with Crippen molar-refractivity contribution >= 4 is 0 Å². The molecule has 4 fully saturated rings. The van der Waals surface area contributed by atoms with Crippen LogP contribution in [-0.4, -0.2) is 0 Å². The molecule has 0 nitrogen and oxygen atoms in total. The molecule has 0 aromatic heterocycles. The van der Waals surface area contributed by atoms with Gasteiger partial charge in [0.2, 0.25) is 0 Å². The molecule has 4 rings (SSSR count). The Morgan fingerprint density at radius 3 is 1.60 bits per heavy atom. The molecule has 4 atom stereocenters. The zero-order valence-corrected chi connectivity index (χ0v) is 6.34. The van der Waals surface area contributed by atoms with Crippen molar-refractivity contribution in [2.45, 2.75) is 32.1 Å². The van der Waals surface area contributed by atoms with Crippen molar-refractivity contribution in [2.75, 3.05) is 0 Å². The van der Waals surface area contributed by atoms with E-state index in [-0.39, 0.29) is 0 Å². The van der Waals surface area contributed by atoms with Crippen LogP contribution in [0.25, 0.3) is 0 Å². The van der Waals surface area contributed by atoms with E-state index in [9.17, 15) is 0 Å². The highest BCUT2D eigenvalue weighted by Crippen LogP contribution is 2.84. The van der Waals surface area contributed by atoms with Gasteiger partial charge in [0.1, 0.15) is 0 Å². The monoisotopic (exact) mass is 134 g/mol. The molecule has 0 saturated heterocycles. The van der Waals surface area contributed by atoms with E-state index in [4.69, 9.17) is 0 Å². The number of hydrogen-bond donors (Lipinski definition) is 0. The molecule has 10 heavy (non-hydrogen) atoms. The van der Waals surface area contributed by atoms with E-state index in [1.54, 1.807) is 32.1 Å². The van der Waals surface area contributed by atoms with Crippen molar-refractivity contribution in [3.8, 4) is 0 Å². The highest BCUT2D eigenvalue weighted by atomic mass is 14.8. The smallest absolute Gasteiger partial charge is 0.0184 e. The van der Waals surface area contributed by atoms with Crippen molar-refractivity contribution in [3.63, 3.8) is 0 Å². The Kier molecular flexibility index (Phi) is 0.522. The third-order valence-electron chi connectivity index (χ3n) is 5.40. The summed E-state index contributed by atoms with van der Waals surface area (Å²) >= 11 is 0. The minimum absolute atomic E-state index is 1.03. The molecule has 0 aliphatic heterocycles. The standard InChI is InChI=1S/C10H14/c1-2-7-4-9-5-8-3-6(1)10(7,8)9/h6-9H,1-5H2. The fraction of sp³-hybridized carbons (Fsp3) is 1.00. The SMILES string of the molecule is C1CC2CC3CC4CC1C243. The van der Waals surface area contributed by atoms with E-state index in [1.807, 2.05) is 0 Å². The summed E-state index contributed by atoms with van der Waals surface area (Å²) in [5.74, 6) is 4.94. The summed E-state index contributed by atoms with van der Waals surface area (Å²) in [4.78, 5) is 0. The van der Waals surface area contributed by atoms with Gasteiger partial charge in [-0.1, -0.05) is 0 Å². The molecule has 0 radical (unpaired) electrons. The molecule has 54 valence electrons. The molecular weight excluding hydrogens is 120 g/mol. The molecule has 4 unspecified atom stereocenters. The summed E-state index contributed by atoms with van der Waals surface area (Å²) in [6.45, 7) is 0. The van der Waals surface area contributed by atoms with Crippen LogP contribution in [0.3, 0.4) is 0 Å². The maximum atomic E-state index is 1.63. The minimum atomic E-state index is 1.03. The molecule has 0 aromatic rings. The second-order valence-electron chi connectivity index (χ2n) is 5.07. The predicted octanol–water partition coefficient (Wildman–Crippen LogP) is 2.44. The Balaban J connectivity index is 1.87. The first-order valence-corrected chi connectivity index (χ1v) is 4.92. The molecule has 0 heteroatoms. The molecule has 4 aliphatic rings. The average Bonchev–Trinajstić information content (AvgIpc) is 2.17. The highest BCUT2D eigenvalue weighted by Gasteiger charge is 2.76. The summed E-state index contributed by atoms with van der Waals surface area (Å²) in [6, 6.07) is 0. The third kappa shape index (κ3) is 0.233. The minimum Gasteiger partial charge on any atom is -0.0496 e. The molecule has 0 aromatic carbocycles. The highest BCUT2D eigenvalue weighted by molar-refractivity contribution is 5.25. The lowest BCUT2D eigenvalue weighted by Gasteiger charge is -2.76. The van der Waals surface area contributed by atoms with Gasteiger partial charge in [0.25, 0.3) is 0 Å². The van der Waals surface area contributed by atoms with Crippen LogP contribution in [-0.2, 0) is 0 Å². The summed E-state index contributed by atoms with van der Waals surface area (Å²) in [5, 5.41) is 0. The molecule has 4 aliphatic carbocycles. The van der Waals surface area contributed by atoms with Gasteiger partial charge in [-0.05, 0) is 61.2 Å². The summed E-state index contributed by atoms with van der Waals surface area (Å²) in [7, 11) is 0. The van der Waals surface area contributed by atoms with Gasteiger partial charge < -0.3 is 0 Å². The van der Waals surface area contributed by atoms with Crippen LogP contribution in [0.15, 0.2) is 0 Å². The molecule has 4 saturated carbocycles. The predicted molar refractivity (Wildman–Crippen MR) is 39.5 cm³/mol. The quantitative estimate of drug-likeness (QED) is 0.477. The molecule has 1 spiro atoms. The van der Waals surface area contributed by atoms with E-state index < -0.39 is 0 Å². The first-order valence-electron chi connectivity index (χ1n) is 4.92. The van der Waals surface area contributed by atoms with Crippen molar-refractivity contribution in [1.82, 2.24) is 0 Å². The van der Waals surface area contributed by atoms with Gasteiger partial charge in [-0.15, -0.1) is 0 Å². The molecule has 0 N–H and O–H groups in total. The van der Waals surface area contributed by atoms with Crippen molar-refractivity contribution in [1.29, 1.82) is 0 Å². The van der Waals surface area contributed by atoms with Crippen LogP contribution in [0.5, 0.6) is 0 Å². The Morgan fingerprint density at radius 2 is 1.20 bits per heavy atom. The van der Waals surface area contributed by atoms with Gasteiger partial charge in [0.15, 0.2) is 0 Å². The number of rotatable bonds is 0. The summed E-state index contributed by atoms with van der Waals surface area (Å²) in [5.41, 5.74) is 1.03. The van der Waals surface area contributed by atoms with Gasteiger partial charge in [-0.3, -0.25) is 0 Å². The molecule has 0 heterocycles. The van der Waals surface area contributed by atoms with Gasteiger partial charge in [-0.2, -0.15) is 0 Å². The Morgan fingerprint density at radius 1 is 0.700 bits per heavy atom. The third-order valence-corrected chi connectivity index (χ3v) is 5.40. The molecular formula is C10H14. The van der Waals surface area contributed by atoms with E-state index in [0.29, 0.717) is 0 Å².